The van der Waals surface area contributed by atoms with Gasteiger partial charge in [-0.15, -0.1) is 0 Å². The number of fused-ring (bicyclic) bond motifs is 1. The van der Waals surface area contributed by atoms with Gasteiger partial charge in [-0.05, 0) is 127 Å². The molecule has 0 aliphatic rings. The van der Waals surface area contributed by atoms with Crippen LogP contribution < -0.4 is 20.2 Å². The van der Waals surface area contributed by atoms with Gasteiger partial charge in [0.05, 0.1) is 21.8 Å². The Morgan fingerprint density at radius 1 is 0.314 bits per heavy atom. The zero-order valence-electron chi connectivity index (χ0n) is 43.5. The van der Waals surface area contributed by atoms with E-state index in [-0.39, 0.29) is 10.8 Å². The van der Waals surface area contributed by atoms with Crippen LogP contribution in [0.3, 0.4) is 0 Å². The largest absolute Gasteiger partial charge is 0.310 e. The molecule has 70 heavy (non-hydrogen) atoms. The number of hydrogen-bond donors (Lipinski definition) is 0. The minimum atomic E-state index is -1.54. The van der Waals surface area contributed by atoms with Gasteiger partial charge < -0.3 is 9.80 Å². The lowest BCUT2D eigenvalue weighted by Crippen LogP contribution is -2.37. The lowest BCUT2D eigenvalue weighted by molar-refractivity contribution is 0.590. The predicted molar refractivity (Wildman–Crippen MR) is 313 cm³/mol. The molecule has 9 aromatic rings. The van der Waals surface area contributed by atoms with E-state index in [4.69, 9.17) is 0 Å². The van der Waals surface area contributed by atoms with Gasteiger partial charge in [-0.25, -0.2) is 0 Å². The molecule has 0 saturated heterocycles. The first-order valence-electron chi connectivity index (χ1n) is 25.1. The molecule has 2 nitrogen and oxygen atoms in total. The molecular formula is C66H70N2Si2. The van der Waals surface area contributed by atoms with E-state index in [0.717, 1.165) is 34.1 Å². The second-order valence-electron chi connectivity index (χ2n) is 23.2. The molecule has 0 amide bonds. The van der Waals surface area contributed by atoms with Crippen LogP contribution in [-0.4, -0.2) is 16.1 Å². The molecule has 9 rings (SSSR count). The van der Waals surface area contributed by atoms with Gasteiger partial charge >= 0.3 is 0 Å². The topological polar surface area (TPSA) is 6.48 Å². The first-order valence-corrected chi connectivity index (χ1v) is 32.1. The maximum atomic E-state index is 2.48. The molecule has 0 atom stereocenters. The van der Waals surface area contributed by atoms with Crippen molar-refractivity contribution in [1.29, 1.82) is 0 Å². The van der Waals surface area contributed by atoms with Crippen molar-refractivity contribution in [3.63, 3.8) is 0 Å². The quantitative estimate of drug-likeness (QED) is 0.119. The molecule has 0 saturated carbocycles. The van der Waals surface area contributed by atoms with E-state index in [0.29, 0.717) is 0 Å². The monoisotopic (exact) mass is 947 g/mol. The summed E-state index contributed by atoms with van der Waals surface area (Å²) in [6.07, 6.45) is 0. The van der Waals surface area contributed by atoms with Gasteiger partial charge in [0.15, 0.2) is 0 Å². The Labute approximate surface area is 421 Å². The zero-order valence-corrected chi connectivity index (χ0v) is 45.5. The van der Waals surface area contributed by atoms with Gasteiger partial charge in [0.25, 0.3) is 0 Å². The molecule has 352 valence electrons. The second-order valence-corrected chi connectivity index (χ2v) is 33.3. The third kappa shape index (κ3) is 9.99. The number of rotatable bonds is 11. The molecule has 0 N–H and O–H groups in total. The van der Waals surface area contributed by atoms with E-state index < -0.39 is 16.1 Å². The highest BCUT2D eigenvalue weighted by atomic mass is 28.3. The summed E-state index contributed by atoms with van der Waals surface area (Å²) < 4.78 is 0. The highest BCUT2D eigenvalue weighted by Gasteiger charge is 2.26. The van der Waals surface area contributed by atoms with Crippen molar-refractivity contribution in [2.45, 2.75) is 91.7 Å². The standard InChI is InChI=1S/C66H70N2Si2/c1-65(2,3)49-27-31-51(32-28-49)67(52-35-40-56(41-36-52)69(7,8)9)55-39-44-60(61(45-55)47-21-15-13-16-22-47)64-59-26-20-19-25-58(59)63(46-62(64)48-23-17-14-18-24-48)68(53-33-29-50(30-34-53)66(4,5)6)54-37-42-57(43-38-54)70(10,11)12/h13-46H,1-12H3. The summed E-state index contributed by atoms with van der Waals surface area (Å²) in [7, 11) is -3.06. The van der Waals surface area contributed by atoms with Crippen molar-refractivity contribution in [1.82, 2.24) is 0 Å². The van der Waals surface area contributed by atoms with Crippen molar-refractivity contribution in [3.05, 3.63) is 217 Å². The van der Waals surface area contributed by atoms with Crippen molar-refractivity contribution in [2.75, 3.05) is 9.80 Å². The summed E-state index contributed by atoms with van der Waals surface area (Å²) in [5.41, 5.74) is 16.6. The third-order valence-electron chi connectivity index (χ3n) is 13.9. The molecule has 0 heterocycles. The van der Waals surface area contributed by atoms with Crippen molar-refractivity contribution >= 4 is 71.4 Å². The van der Waals surface area contributed by atoms with E-state index in [1.807, 2.05) is 0 Å². The number of anilines is 6. The summed E-state index contributed by atoms with van der Waals surface area (Å²) >= 11 is 0. The molecule has 9 aromatic carbocycles. The molecule has 4 heteroatoms. The maximum Gasteiger partial charge on any atom is 0.0775 e. The first-order chi connectivity index (χ1) is 33.3. The Kier molecular flexibility index (Phi) is 13.0. The fourth-order valence-corrected chi connectivity index (χ4v) is 12.1. The smallest absolute Gasteiger partial charge is 0.0775 e. The van der Waals surface area contributed by atoms with Crippen molar-refractivity contribution < 1.29 is 0 Å². The molecule has 0 aromatic heterocycles. The van der Waals surface area contributed by atoms with Gasteiger partial charge in [-0.3, -0.25) is 0 Å². The highest BCUT2D eigenvalue weighted by molar-refractivity contribution is 6.89. The minimum Gasteiger partial charge on any atom is -0.310 e. The molecule has 0 aliphatic heterocycles. The molecule has 0 fully saturated rings. The van der Waals surface area contributed by atoms with Crippen LogP contribution in [0, 0.1) is 0 Å². The van der Waals surface area contributed by atoms with Crippen molar-refractivity contribution in [3.8, 4) is 33.4 Å². The lowest BCUT2D eigenvalue weighted by Gasteiger charge is -2.31. The summed E-state index contributed by atoms with van der Waals surface area (Å²) in [4.78, 5) is 4.92. The van der Waals surface area contributed by atoms with E-state index in [1.165, 1.54) is 65.7 Å². The van der Waals surface area contributed by atoms with E-state index >= 15 is 0 Å². The fourth-order valence-electron chi connectivity index (χ4n) is 9.74. The van der Waals surface area contributed by atoms with E-state index in [2.05, 4.69) is 297 Å². The average Bonchev–Trinajstić information content (AvgIpc) is 3.34. The summed E-state index contributed by atoms with van der Waals surface area (Å²) in [5, 5.41) is 5.30. The van der Waals surface area contributed by atoms with Crippen LogP contribution in [0.2, 0.25) is 39.3 Å². The molecular weight excluding hydrogens is 877 g/mol. The molecule has 0 aliphatic carbocycles. The molecule has 0 radical (unpaired) electrons. The van der Waals surface area contributed by atoms with E-state index in [9.17, 15) is 0 Å². The second kappa shape index (κ2) is 18.9. The number of nitrogens with zero attached hydrogens (tertiary/aromatic N) is 2. The van der Waals surface area contributed by atoms with Gasteiger partial charge in [0.2, 0.25) is 0 Å². The van der Waals surface area contributed by atoms with Gasteiger partial charge in [-0.1, -0.05) is 231 Å². The van der Waals surface area contributed by atoms with Crippen LogP contribution in [0.15, 0.2) is 206 Å². The lowest BCUT2D eigenvalue weighted by atomic mass is 9.84. The highest BCUT2D eigenvalue weighted by Crippen LogP contribution is 2.50. The fraction of sp³-hybridized carbons (Fsp3) is 0.212. The average molecular weight is 947 g/mol. The van der Waals surface area contributed by atoms with Gasteiger partial charge in [0, 0.05) is 33.8 Å². The molecule has 0 unspecified atom stereocenters. The Bertz CT molecular complexity index is 3120. The van der Waals surface area contributed by atoms with Crippen LogP contribution in [-0.2, 0) is 10.8 Å². The van der Waals surface area contributed by atoms with Crippen LogP contribution in [0.1, 0.15) is 52.7 Å². The summed E-state index contributed by atoms with van der Waals surface area (Å²) in [5.74, 6) is 0. The Hall–Kier alpha value is -6.73. The summed E-state index contributed by atoms with van der Waals surface area (Å²) in [6, 6.07) is 77.8. The first kappa shape index (κ1) is 48.3. The van der Waals surface area contributed by atoms with Gasteiger partial charge in [-0.2, -0.15) is 0 Å². The molecule has 0 bridgehead atoms. The summed E-state index contributed by atoms with van der Waals surface area (Å²) in [6.45, 7) is 28.2. The van der Waals surface area contributed by atoms with Gasteiger partial charge in [0.1, 0.15) is 0 Å². The minimum absolute atomic E-state index is 0.0371. The molecule has 0 spiro atoms. The third-order valence-corrected chi connectivity index (χ3v) is 18.1. The Morgan fingerprint density at radius 2 is 0.686 bits per heavy atom. The normalized spacial score (nSPS) is 12.3. The van der Waals surface area contributed by atoms with Crippen LogP contribution in [0.5, 0.6) is 0 Å². The Balaban J connectivity index is 1.32. The SMILES string of the molecule is CC(C)(C)c1ccc(N(c2ccc([Si](C)(C)C)cc2)c2ccc(-c3c(-c4ccccc4)cc(N(c4ccc(C(C)(C)C)cc4)c4ccc([Si](C)(C)C)cc4)c4ccccc34)c(-c3ccccc3)c2)cc1. The van der Waals surface area contributed by atoms with Crippen LogP contribution in [0.4, 0.5) is 34.1 Å². The maximum absolute atomic E-state index is 2.48. The van der Waals surface area contributed by atoms with E-state index in [1.54, 1.807) is 0 Å². The number of benzene rings is 9. The van der Waals surface area contributed by atoms with Crippen molar-refractivity contribution in [2.24, 2.45) is 0 Å². The number of hydrogen-bond acceptors (Lipinski definition) is 2. The van der Waals surface area contributed by atoms with Crippen LogP contribution >= 0.6 is 0 Å². The van der Waals surface area contributed by atoms with Crippen LogP contribution in [0.25, 0.3) is 44.2 Å². The Morgan fingerprint density at radius 3 is 1.11 bits per heavy atom. The predicted octanol–water partition coefficient (Wildman–Crippen LogP) is 18.5. The zero-order chi connectivity index (χ0) is 49.6.